The number of carbonyl (C=O) groups excluding carboxylic acids is 1. The predicted octanol–water partition coefficient (Wildman–Crippen LogP) is 2.11. The topological polar surface area (TPSA) is 54.0 Å². The van der Waals surface area contributed by atoms with Crippen molar-refractivity contribution in [2.24, 2.45) is 0 Å². The first-order valence-electron chi connectivity index (χ1n) is 6.63. The van der Waals surface area contributed by atoms with Crippen LogP contribution >= 0.6 is 0 Å². The molecule has 0 fully saturated rings. The van der Waals surface area contributed by atoms with Gasteiger partial charge in [-0.1, -0.05) is 6.08 Å². The molecule has 1 aliphatic rings. The van der Waals surface area contributed by atoms with Crippen molar-refractivity contribution in [3.8, 4) is 0 Å². The van der Waals surface area contributed by atoms with Gasteiger partial charge in [0.2, 0.25) is 5.91 Å². The first-order chi connectivity index (χ1) is 9.97. The highest BCUT2D eigenvalue weighted by Crippen LogP contribution is 2.26. The third-order valence-electron chi connectivity index (χ3n) is 3.31. The van der Waals surface area contributed by atoms with Crippen LogP contribution in [0.4, 0.5) is 13.2 Å². The summed E-state index contributed by atoms with van der Waals surface area (Å²) in [6.07, 6.45) is 2.17. The molecule has 2 unspecified atom stereocenters. The van der Waals surface area contributed by atoms with Crippen molar-refractivity contribution in [3.05, 3.63) is 42.4 Å². The smallest absolute Gasteiger partial charge is 0.379 e. The molecular weight excluding hydrogens is 283 g/mol. The number of pyridine rings is 1. The van der Waals surface area contributed by atoms with Crippen molar-refractivity contribution in [3.63, 3.8) is 0 Å². The Balaban J connectivity index is 1.99. The van der Waals surface area contributed by atoms with Crippen LogP contribution in [-0.2, 0) is 4.79 Å². The zero-order chi connectivity index (χ0) is 15.3. The lowest BCUT2D eigenvalue weighted by Crippen LogP contribution is -2.47. The highest BCUT2D eigenvalue weighted by molar-refractivity contribution is 5.83. The maximum atomic E-state index is 12.1. The highest BCUT2D eigenvalue weighted by Gasteiger charge is 2.31. The lowest BCUT2D eigenvalue weighted by molar-refractivity contribution is -0.136. The molecule has 7 heteroatoms. The van der Waals surface area contributed by atoms with Crippen molar-refractivity contribution >= 4 is 5.91 Å². The van der Waals surface area contributed by atoms with E-state index in [9.17, 15) is 18.0 Å². The van der Waals surface area contributed by atoms with E-state index < -0.39 is 31.1 Å². The molecule has 0 radical (unpaired) electrons. The fourth-order valence-electron chi connectivity index (χ4n) is 2.27. The van der Waals surface area contributed by atoms with Crippen molar-refractivity contribution in [1.82, 2.24) is 15.6 Å². The molecule has 0 aliphatic carbocycles. The number of hydrogen-bond donors (Lipinski definition) is 2. The Hall–Kier alpha value is -2.05. The molecule has 2 heterocycles. The van der Waals surface area contributed by atoms with E-state index in [1.807, 2.05) is 18.2 Å². The molecule has 0 aromatic carbocycles. The average Bonchev–Trinajstić information content (AvgIpc) is 2.47. The molecule has 1 amide bonds. The fraction of sp³-hybridized carbons (Fsp3) is 0.429. The van der Waals surface area contributed by atoms with Gasteiger partial charge in [0.1, 0.15) is 6.04 Å². The number of hydrogen-bond acceptors (Lipinski definition) is 3. The van der Waals surface area contributed by atoms with E-state index in [2.05, 4.69) is 15.6 Å². The van der Waals surface area contributed by atoms with E-state index in [1.165, 1.54) is 0 Å². The SMILES string of the molecule is O=C(NCCC(F)(F)F)C1NC=CCC1c1ccncc1. The Morgan fingerprint density at radius 2 is 2.10 bits per heavy atom. The van der Waals surface area contributed by atoms with Gasteiger partial charge in [-0.2, -0.15) is 13.2 Å². The average molecular weight is 299 g/mol. The molecule has 0 saturated heterocycles. The van der Waals surface area contributed by atoms with Gasteiger partial charge in [0.05, 0.1) is 6.42 Å². The number of nitrogens with zero attached hydrogens (tertiary/aromatic N) is 1. The zero-order valence-corrected chi connectivity index (χ0v) is 11.2. The molecule has 2 rings (SSSR count). The Labute approximate surface area is 120 Å². The predicted molar refractivity (Wildman–Crippen MR) is 71.3 cm³/mol. The molecule has 4 nitrogen and oxygen atoms in total. The first-order valence-corrected chi connectivity index (χ1v) is 6.63. The number of halogens is 3. The van der Waals surface area contributed by atoms with Gasteiger partial charge in [-0.15, -0.1) is 0 Å². The maximum Gasteiger partial charge on any atom is 0.390 e. The molecule has 114 valence electrons. The summed E-state index contributed by atoms with van der Waals surface area (Å²) >= 11 is 0. The van der Waals surface area contributed by atoms with Crippen LogP contribution in [0.1, 0.15) is 24.3 Å². The molecule has 1 aromatic rings. The maximum absolute atomic E-state index is 12.1. The fourth-order valence-corrected chi connectivity index (χ4v) is 2.27. The van der Waals surface area contributed by atoms with Crippen LogP contribution in [0.5, 0.6) is 0 Å². The standard InChI is InChI=1S/C14H16F3N3O/c15-14(16,17)5-9-20-13(21)12-11(2-1-6-19-12)10-3-7-18-8-4-10/h1,3-4,6-8,11-12,19H,2,5,9H2,(H,20,21). The number of alkyl halides is 3. The van der Waals surface area contributed by atoms with Crippen LogP contribution in [0.15, 0.2) is 36.8 Å². The number of allylic oxidation sites excluding steroid dienone is 1. The third kappa shape index (κ3) is 4.47. The molecule has 2 N–H and O–H groups in total. The van der Waals surface area contributed by atoms with Gasteiger partial charge in [-0.05, 0) is 30.3 Å². The molecule has 0 saturated carbocycles. The summed E-state index contributed by atoms with van der Waals surface area (Å²) in [6.45, 7) is -0.409. The van der Waals surface area contributed by atoms with Gasteiger partial charge in [0.15, 0.2) is 0 Å². The van der Waals surface area contributed by atoms with E-state index in [0.29, 0.717) is 6.42 Å². The van der Waals surface area contributed by atoms with Gasteiger partial charge in [-0.3, -0.25) is 9.78 Å². The van der Waals surface area contributed by atoms with Crippen molar-refractivity contribution in [1.29, 1.82) is 0 Å². The number of rotatable bonds is 4. The number of amides is 1. The van der Waals surface area contributed by atoms with Crippen molar-refractivity contribution in [2.75, 3.05) is 6.54 Å². The van der Waals surface area contributed by atoms with E-state index in [4.69, 9.17) is 0 Å². The van der Waals surface area contributed by atoms with E-state index >= 15 is 0 Å². The summed E-state index contributed by atoms with van der Waals surface area (Å²) in [4.78, 5) is 16.0. The Morgan fingerprint density at radius 1 is 1.38 bits per heavy atom. The van der Waals surface area contributed by atoms with Crippen LogP contribution < -0.4 is 10.6 Å². The summed E-state index contributed by atoms with van der Waals surface area (Å²) in [5.74, 6) is -0.547. The lowest BCUT2D eigenvalue weighted by Gasteiger charge is -2.29. The molecule has 0 spiro atoms. The minimum atomic E-state index is -4.27. The normalized spacial score (nSPS) is 21.7. The van der Waals surface area contributed by atoms with Gasteiger partial charge >= 0.3 is 6.18 Å². The monoisotopic (exact) mass is 299 g/mol. The van der Waals surface area contributed by atoms with Crippen LogP contribution in [0.3, 0.4) is 0 Å². The van der Waals surface area contributed by atoms with Gasteiger partial charge in [-0.25, -0.2) is 0 Å². The van der Waals surface area contributed by atoms with Gasteiger partial charge < -0.3 is 10.6 Å². The molecule has 1 aliphatic heterocycles. The van der Waals surface area contributed by atoms with Crippen LogP contribution in [0.2, 0.25) is 0 Å². The lowest BCUT2D eigenvalue weighted by atomic mass is 9.87. The van der Waals surface area contributed by atoms with Gasteiger partial charge in [0, 0.05) is 24.9 Å². The van der Waals surface area contributed by atoms with Gasteiger partial charge in [0.25, 0.3) is 0 Å². The summed E-state index contributed by atoms with van der Waals surface area (Å²) in [6, 6.07) is 3.04. The van der Waals surface area contributed by atoms with E-state index in [1.54, 1.807) is 18.6 Å². The number of nitrogens with one attached hydrogen (secondary N) is 2. The summed E-state index contributed by atoms with van der Waals surface area (Å²) in [7, 11) is 0. The second kappa shape index (κ2) is 6.60. The first kappa shape index (κ1) is 15.3. The minimum Gasteiger partial charge on any atom is -0.379 e. The highest BCUT2D eigenvalue weighted by atomic mass is 19.4. The van der Waals surface area contributed by atoms with Crippen LogP contribution in [0.25, 0.3) is 0 Å². The second-order valence-electron chi connectivity index (χ2n) is 4.83. The van der Waals surface area contributed by atoms with E-state index in [0.717, 1.165) is 5.56 Å². The van der Waals surface area contributed by atoms with Crippen molar-refractivity contribution in [2.45, 2.75) is 31.0 Å². The summed E-state index contributed by atoms with van der Waals surface area (Å²) in [5, 5.41) is 5.26. The quantitative estimate of drug-likeness (QED) is 0.895. The Kier molecular flexibility index (Phi) is 4.82. The van der Waals surface area contributed by atoms with Crippen molar-refractivity contribution < 1.29 is 18.0 Å². The Bertz CT molecular complexity index is 502. The summed E-state index contributed by atoms with van der Waals surface area (Å²) < 4.78 is 36.3. The zero-order valence-electron chi connectivity index (χ0n) is 11.2. The second-order valence-corrected chi connectivity index (χ2v) is 4.83. The number of aromatic nitrogens is 1. The largest absolute Gasteiger partial charge is 0.390 e. The third-order valence-corrected chi connectivity index (χ3v) is 3.31. The minimum absolute atomic E-state index is 0.121. The molecule has 21 heavy (non-hydrogen) atoms. The summed E-state index contributed by atoms with van der Waals surface area (Å²) in [5.41, 5.74) is 0.929. The Morgan fingerprint density at radius 3 is 2.76 bits per heavy atom. The van der Waals surface area contributed by atoms with E-state index in [-0.39, 0.29) is 5.92 Å². The van der Waals surface area contributed by atoms with Crippen LogP contribution in [0, 0.1) is 0 Å². The van der Waals surface area contributed by atoms with Crippen LogP contribution in [-0.4, -0.2) is 29.7 Å². The molecule has 1 aromatic heterocycles. The molecular formula is C14H16F3N3O. The molecule has 2 atom stereocenters. The molecule has 0 bridgehead atoms. The number of carbonyl (C=O) groups is 1.